The van der Waals surface area contributed by atoms with Gasteiger partial charge in [-0.25, -0.2) is 18.1 Å². The maximum Gasteiger partial charge on any atom is 0.336 e. The molecule has 2 N–H and O–H groups in total. The molecule has 0 unspecified atom stereocenters. The van der Waals surface area contributed by atoms with E-state index in [0.717, 1.165) is 22.9 Å². The van der Waals surface area contributed by atoms with Crippen LogP contribution in [0, 0.1) is 11.6 Å². The van der Waals surface area contributed by atoms with Gasteiger partial charge >= 0.3 is 5.69 Å². The maximum absolute atomic E-state index is 14.1. The normalized spacial score (nSPS) is 18.7. The van der Waals surface area contributed by atoms with E-state index in [9.17, 15) is 18.7 Å². The van der Waals surface area contributed by atoms with Crippen molar-refractivity contribution in [2.45, 2.75) is 18.5 Å². The Labute approximate surface area is 192 Å². The van der Waals surface area contributed by atoms with Gasteiger partial charge in [0.25, 0.3) is 0 Å². The van der Waals surface area contributed by atoms with Crippen LogP contribution in [0.5, 0.6) is 5.88 Å². The fraction of sp³-hybridized carbons (Fsp3) is 0.167. The lowest BCUT2D eigenvalue weighted by molar-refractivity contribution is 0.341. The van der Waals surface area contributed by atoms with Gasteiger partial charge in [0.15, 0.2) is 5.11 Å². The number of imidazole rings is 1. The second kappa shape index (κ2) is 7.14. The molecule has 2 bridgehead atoms. The number of nitrogens with zero attached hydrogens (tertiary/aromatic N) is 3. The lowest BCUT2D eigenvalue weighted by Gasteiger charge is -2.30. The van der Waals surface area contributed by atoms with Gasteiger partial charge < -0.3 is 15.3 Å². The van der Waals surface area contributed by atoms with Gasteiger partial charge in [0.2, 0.25) is 5.88 Å². The zero-order valence-corrected chi connectivity index (χ0v) is 18.0. The SMILES string of the molecule is O=c1n(-c2cccc3ccccc23)c(O)c2n1[C@H]1C[C@@H]2N(C(=S)Nc2c(F)cccc2F)C1. The molecule has 166 valence electrons. The summed E-state index contributed by atoms with van der Waals surface area (Å²) in [7, 11) is 0. The Bertz CT molecular complexity index is 1490. The molecule has 2 atom stereocenters. The van der Waals surface area contributed by atoms with Crippen molar-refractivity contribution >= 4 is 33.8 Å². The first kappa shape index (κ1) is 19.9. The lowest BCUT2D eigenvalue weighted by Crippen LogP contribution is -2.40. The van der Waals surface area contributed by atoms with E-state index in [1.165, 1.54) is 10.6 Å². The number of benzene rings is 3. The van der Waals surface area contributed by atoms with Crippen LogP contribution in [0.25, 0.3) is 16.5 Å². The highest BCUT2D eigenvalue weighted by Crippen LogP contribution is 2.49. The highest BCUT2D eigenvalue weighted by Gasteiger charge is 2.48. The summed E-state index contributed by atoms with van der Waals surface area (Å²) in [4.78, 5) is 15.1. The van der Waals surface area contributed by atoms with Crippen molar-refractivity contribution in [3.05, 3.63) is 88.5 Å². The number of aromatic hydroxyl groups is 1. The summed E-state index contributed by atoms with van der Waals surface area (Å²) in [5.41, 5.74) is 0.421. The predicted octanol–water partition coefficient (Wildman–Crippen LogP) is 4.47. The summed E-state index contributed by atoms with van der Waals surface area (Å²) in [6, 6.07) is 16.2. The minimum atomic E-state index is -0.747. The van der Waals surface area contributed by atoms with Crippen LogP contribution < -0.4 is 11.0 Å². The van der Waals surface area contributed by atoms with Gasteiger partial charge in [-0.15, -0.1) is 0 Å². The molecule has 1 fully saturated rings. The summed E-state index contributed by atoms with van der Waals surface area (Å²) < 4.78 is 31.1. The van der Waals surface area contributed by atoms with Crippen LogP contribution in [-0.2, 0) is 0 Å². The number of nitrogens with one attached hydrogen (secondary N) is 1. The monoisotopic (exact) mass is 464 g/mol. The molecule has 1 aromatic heterocycles. The van der Waals surface area contributed by atoms with Gasteiger partial charge in [0, 0.05) is 11.9 Å². The molecule has 0 saturated carbocycles. The third-order valence-corrected chi connectivity index (χ3v) is 6.86. The Morgan fingerprint density at radius 3 is 2.52 bits per heavy atom. The molecular formula is C24H18F2N4O2S. The third-order valence-electron chi connectivity index (χ3n) is 6.52. The number of anilines is 1. The van der Waals surface area contributed by atoms with Crippen LogP contribution in [0.1, 0.15) is 24.2 Å². The van der Waals surface area contributed by atoms with Crippen LogP contribution in [-0.4, -0.2) is 30.8 Å². The second-order valence-corrected chi connectivity index (χ2v) is 8.67. The molecule has 0 spiro atoms. The van der Waals surface area contributed by atoms with Gasteiger partial charge in [0.05, 0.1) is 17.8 Å². The zero-order chi connectivity index (χ0) is 22.9. The van der Waals surface area contributed by atoms with Gasteiger partial charge in [0.1, 0.15) is 23.0 Å². The Morgan fingerprint density at radius 2 is 1.73 bits per heavy atom. The highest BCUT2D eigenvalue weighted by molar-refractivity contribution is 7.80. The van der Waals surface area contributed by atoms with E-state index >= 15 is 0 Å². The third kappa shape index (κ3) is 2.82. The van der Waals surface area contributed by atoms with Gasteiger partial charge in [-0.05, 0) is 42.2 Å². The van der Waals surface area contributed by atoms with E-state index < -0.39 is 11.6 Å². The van der Waals surface area contributed by atoms with Crippen LogP contribution in [0.4, 0.5) is 14.5 Å². The van der Waals surface area contributed by atoms with Crippen LogP contribution >= 0.6 is 12.2 Å². The molecule has 1 saturated heterocycles. The number of rotatable bonds is 2. The number of halogens is 2. The number of hydrogen-bond donors (Lipinski definition) is 2. The number of thiocarbonyl (C=S) groups is 1. The van der Waals surface area contributed by atoms with Crippen LogP contribution in [0.3, 0.4) is 0 Å². The molecule has 0 radical (unpaired) electrons. The second-order valence-electron chi connectivity index (χ2n) is 8.28. The van der Waals surface area contributed by atoms with E-state index in [2.05, 4.69) is 5.32 Å². The molecule has 6 rings (SSSR count). The molecule has 3 heterocycles. The van der Waals surface area contributed by atoms with E-state index in [-0.39, 0.29) is 34.5 Å². The summed E-state index contributed by atoms with van der Waals surface area (Å²) in [5, 5.41) is 15.8. The molecule has 0 aliphatic carbocycles. The van der Waals surface area contributed by atoms with Gasteiger partial charge in [-0.1, -0.05) is 42.5 Å². The summed E-state index contributed by atoms with van der Waals surface area (Å²) in [6.45, 7) is 0.401. The smallest absolute Gasteiger partial charge is 0.336 e. The first-order valence-corrected chi connectivity index (χ1v) is 10.9. The van der Waals surface area contributed by atoms with Crippen molar-refractivity contribution in [3.8, 4) is 11.6 Å². The molecule has 6 nitrogen and oxygen atoms in total. The van der Waals surface area contributed by atoms with Crippen molar-refractivity contribution in [3.63, 3.8) is 0 Å². The van der Waals surface area contributed by atoms with Crippen LogP contribution in [0.2, 0.25) is 0 Å². The average Bonchev–Trinajstić information content (AvgIpc) is 3.47. The number of likely N-dealkylation sites (tertiary alicyclic amines) is 1. The molecular weight excluding hydrogens is 446 g/mol. The minimum absolute atomic E-state index is 0.141. The number of aromatic nitrogens is 2. The Morgan fingerprint density at radius 1 is 1.03 bits per heavy atom. The summed E-state index contributed by atoms with van der Waals surface area (Å²) in [5.74, 6) is -1.64. The Balaban J connectivity index is 1.40. The van der Waals surface area contributed by atoms with Gasteiger partial charge in [-0.2, -0.15) is 0 Å². The van der Waals surface area contributed by atoms with Crippen molar-refractivity contribution in [2.75, 3.05) is 11.9 Å². The van der Waals surface area contributed by atoms with Crippen molar-refractivity contribution in [1.82, 2.24) is 14.0 Å². The number of fused-ring (bicyclic) bond motifs is 6. The average molecular weight is 464 g/mol. The zero-order valence-electron chi connectivity index (χ0n) is 17.2. The van der Waals surface area contributed by atoms with E-state index in [1.807, 2.05) is 36.4 Å². The fourth-order valence-electron chi connectivity index (χ4n) is 5.09. The first-order valence-electron chi connectivity index (χ1n) is 10.5. The quantitative estimate of drug-likeness (QED) is 0.429. The van der Waals surface area contributed by atoms with Crippen molar-refractivity contribution < 1.29 is 13.9 Å². The minimum Gasteiger partial charge on any atom is -0.493 e. The van der Waals surface area contributed by atoms with E-state index in [0.29, 0.717) is 24.3 Å². The van der Waals surface area contributed by atoms with Gasteiger partial charge in [-0.3, -0.25) is 4.57 Å². The van der Waals surface area contributed by atoms with Crippen LogP contribution in [0.15, 0.2) is 65.5 Å². The highest BCUT2D eigenvalue weighted by atomic mass is 32.1. The molecule has 2 aliphatic heterocycles. The first-order chi connectivity index (χ1) is 16.0. The van der Waals surface area contributed by atoms with Crippen molar-refractivity contribution in [1.29, 1.82) is 0 Å². The molecule has 9 heteroatoms. The Kier molecular flexibility index (Phi) is 4.31. The number of para-hydroxylation sites is 1. The lowest BCUT2D eigenvalue weighted by atomic mass is 10.1. The number of hydrogen-bond acceptors (Lipinski definition) is 3. The predicted molar refractivity (Wildman–Crippen MR) is 125 cm³/mol. The topological polar surface area (TPSA) is 62.4 Å². The molecule has 2 aliphatic rings. The molecule has 4 aromatic rings. The summed E-state index contributed by atoms with van der Waals surface area (Å²) >= 11 is 5.45. The summed E-state index contributed by atoms with van der Waals surface area (Å²) in [6.07, 6.45) is 0.579. The fourth-order valence-corrected chi connectivity index (χ4v) is 5.39. The largest absolute Gasteiger partial charge is 0.493 e. The molecule has 33 heavy (non-hydrogen) atoms. The molecule has 3 aromatic carbocycles. The van der Waals surface area contributed by atoms with E-state index in [4.69, 9.17) is 12.2 Å². The van der Waals surface area contributed by atoms with Crippen molar-refractivity contribution in [2.24, 2.45) is 0 Å². The van der Waals surface area contributed by atoms with E-state index in [1.54, 1.807) is 15.5 Å². The standard InChI is InChI=1S/C24H18F2N4O2S/c25-16-8-4-9-17(26)20(16)27-23(33)28-12-14-11-19(28)21-22(31)30(24(32)29(14)21)18-10-3-6-13-5-1-2-7-15(13)18/h1-10,14,19,31H,11-12H2,(H,27,33)/t14-,19-/m0/s1. The molecule has 0 amide bonds. The Hall–Kier alpha value is -3.72. The maximum atomic E-state index is 14.1.